The fraction of sp³-hybridized carbons (Fsp3) is 0.364. The quantitative estimate of drug-likeness (QED) is 0.213. The molecule has 2 heterocycles. The van der Waals surface area contributed by atoms with Crippen LogP contribution < -0.4 is 15.2 Å². The highest BCUT2D eigenvalue weighted by molar-refractivity contribution is 5.94. The van der Waals surface area contributed by atoms with E-state index in [0.717, 1.165) is 55.1 Å². The number of hydrogen-bond acceptors (Lipinski definition) is 6. The normalized spacial score (nSPS) is 15.4. The first-order valence-corrected chi connectivity index (χ1v) is 14.4. The summed E-state index contributed by atoms with van der Waals surface area (Å²) in [6.45, 7) is 6.15. The van der Waals surface area contributed by atoms with Crippen molar-refractivity contribution in [1.29, 1.82) is 0 Å². The van der Waals surface area contributed by atoms with Crippen molar-refractivity contribution >= 4 is 16.8 Å². The SMILES string of the molecule is COc1cc2c(-c3ccc(C(C(N)=O)c4ccc(C(F)(F)F)cc4)cc3)ncnc2cc1OCCCN1CCC(C)CC1. The molecule has 2 N–H and O–H groups in total. The van der Waals surface area contributed by atoms with E-state index in [1.54, 1.807) is 31.4 Å². The molecule has 1 amide bonds. The van der Waals surface area contributed by atoms with Gasteiger partial charge in [-0.2, -0.15) is 13.2 Å². The first-order chi connectivity index (χ1) is 20.6. The highest BCUT2D eigenvalue weighted by atomic mass is 19.4. The predicted molar refractivity (Wildman–Crippen MR) is 159 cm³/mol. The maximum absolute atomic E-state index is 13.0. The Morgan fingerprint density at radius 3 is 2.26 bits per heavy atom. The number of aromatic nitrogens is 2. The first-order valence-electron chi connectivity index (χ1n) is 14.4. The van der Waals surface area contributed by atoms with Gasteiger partial charge in [0.15, 0.2) is 11.5 Å². The lowest BCUT2D eigenvalue weighted by Crippen LogP contribution is -2.34. The van der Waals surface area contributed by atoms with Crippen molar-refractivity contribution in [3.63, 3.8) is 0 Å². The van der Waals surface area contributed by atoms with E-state index < -0.39 is 23.6 Å². The lowest BCUT2D eigenvalue weighted by Gasteiger charge is -2.30. The molecule has 0 aliphatic carbocycles. The number of carbonyl (C=O) groups excluding carboxylic acids is 1. The number of methoxy groups -OCH3 is 1. The van der Waals surface area contributed by atoms with Crippen LogP contribution in [0.4, 0.5) is 13.2 Å². The molecule has 0 bridgehead atoms. The van der Waals surface area contributed by atoms with Crippen LogP contribution in [-0.2, 0) is 11.0 Å². The predicted octanol–water partition coefficient (Wildman–Crippen LogP) is 6.44. The third-order valence-electron chi connectivity index (χ3n) is 8.05. The van der Waals surface area contributed by atoms with Crippen molar-refractivity contribution in [2.24, 2.45) is 11.7 Å². The summed E-state index contributed by atoms with van der Waals surface area (Å²) in [7, 11) is 1.59. The van der Waals surface area contributed by atoms with E-state index >= 15 is 0 Å². The van der Waals surface area contributed by atoms with Crippen molar-refractivity contribution in [2.45, 2.75) is 38.3 Å². The molecule has 43 heavy (non-hydrogen) atoms. The van der Waals surface area contributed by atoms with E-state index in [0.29, 0.717) is 40.4 Å². The number of benzene rings is 3. The van der Waals surface area contributed by atoms with E-state index in [9.17, 15) is 18.0 Å². The lowest BCUT2D eigenvalue weighted by atomic mass is 9.89. The van der Waals surface area contributed by atoms with Crippen molar-refractivity contribution in [1.82, 2.24) is 14.9 Å². The number of carbonyl (C=O) groups is 1. The molecule has 1 unspecified atom stereocenters. The van der Waals surface area contributed by atoms with Crippen LogP contribution >= 0.6 is 0 Å². The van der Waals surface area contributed by atoms with Crippen LogP contribution in [-0.4, -0.2) is 54.1 Å². The van der Waals surface area contributed by atoms with Gasteiger partial charge in [-0.05, 0) is 67.6 Å². The monoisotopic (exact) mass is 592 g/mol. The van der Waals surface area contributed by atoms with E-state index in [4.69, 9.17) is 15.2 Å². The third kappa shape index (κ3) is 7.07. The van der Waals surface area contributed by atoms with Gasteiger partial charge in [0, 0.05) is 23.6 Å². The molecule has 1 aromatic heterocycles. The average molecular weight is 593 g/mol. The fourth-order valence-corrected chi connectivity index (χ4v) is 5.54. The van der Waals surface area contributed by atoms with Crippen molar-refractivity contribution in [3.05, 3.63) is 83.7 Å². The van der Waals surface area contributed by atoms with Gasteiger partial charge in [0.25, 0.3) is 0 Å². The topological polar surface area (TPSA) is 90.6 Å². The van der Waals surface area contributed by atoms with Crippen LogP contribution in [0.15, 0.2) is 67.0 Å². The summed E-state index contributed by atoms with van der Waals surface area (Å²) in [6, 6.07) is 15.2. The minimum absolute atomic E-state index is 0.378. The van der Waals surface area contributed by atoms with Gasteiger partial charge in [0.1, 0.15) is 6.33 Å². The van der Waals surface area contributed by atoms with Crippen LogP contribution in [0.3, 0.4) is 0 Å². The Hall–Kier alpha value is -4.18. The Morgan fingerprint density at radius 1 is 1.00 bits per heavy atom. The molecule has 1 saturated heterocycles. The summed E-state index contributed by atoms with van der Waals surface area (Å²) in [5, 5.41) is 0.760. The van der Waals surface area contributed by atoms with Crippen LogP contribution in [0.5, 0.6) is 11.5 Å². The molecule has 0 radical (unpaired) electrons. The number of halogens is 3. The largest absolute Gasteiger partial charge is 0.493 e. The third-order valence-corrected chi connectivity index (χ3v) is 8.05. The van der Waals surface area contributed by atoms with E-state index in [1.807, 2.05) is 12.1 Å². The number of nitrogens with zero attached hydrogens (tertiary/aromatic N) is 3. The number of likely N-dealkylation sites (tertiary alicyclic amines) is 1. The second kappa shape index (κ2) is 13.0. The number of primary amides is 1. The van der Waals surface area contributed by atoms with E-state index in [-0.39, 0.29) is 0 Å². The average Bonchev–Trinajstić information content (AvgIpc) is 2.99. The van der Waals surface area contributed by atoms with Gasteiger partial charge in [-0.3, -0.25) is 4.79 Å². The zero-order valence-corrected chi connectivity index (χ0v) is 24.2. The molecule has 3 aromatic carbocycles. The molecule has 1 aliphatic rings. The Bertz CT molecular complexity index is 1550. The summed E-state index contributed by atoms with van der Waals surface area (Å²) >= 11 is 0. The molecule has 10 heteroatoms. The molecular formula is C33H35F3N4O3. The standard InChI is InChI=1S/C33H35F3N4O3/c1-21-12-15-40(16-13-21)14-3-17-43-29-19-27-26(18-28(29)42-2)31(39-20-38-27)24-6-4-22(5-7-24)30(32(37)41)23-8-10-25(11-9-23)33(34,35)36/h4-11,18-21,30H,3,12-17H2,1-2H3,(H2,37,41). The van der Waals surface area contributed by atoms with Crippen molar-refractivity contribution < 1.29 is 27.4 Å². The highest BCUT2D eigenvalue weighted by Crippen LogP contribution is 2.37. The van der Waals surface area contributed by atoms with Crippen LogP contribution in [0.2, 0.25) is 0 Å². The Labute approximate surface area is 248 Å². The second-order valence-corrected chi connectivity index (χ2v) is 11.0. The minimum atomic E-state index is -4.47. The van der Waals surface area contributed by atoms with Crippen LogP contribution in [0.1, 0.15) is 48.8 Å². The number of piperidine rings is 1. The summed E-state index contributed by atoms with van der Waals surface area (Å²) in [5.41, 5.74) is 7.93. The molecular weight excluding hydrogens is 557 g/mol. The van der Waals surface area contributed by atoms with Gasteiger partial charge in [-0.25, -0.2) is 9.97 Å². The smallest absolute Gasteiger partial charge is 0.416 e. The molecule has 226 valence electrons. The van der Waals surface area contributed by atoms with Gasteiger partial charge >= 0.3 is 6.18 Å². The zero-order valence-electron chi connectivity index (χ0n) is 24.2. The Kier molecular flexibility index (Phi) is 9.15. The van der Waals surface area contributed by atoms with Crippen LogP contribution in [0, 0.1) is 5.92 Å². The number of amides is 1. The van der Waals surface area contributed by atoms with Gasteiger partial charge in [-0.1, -0.05) is 43.3 Å². The molecule has 1 aliphatic heterocycles. The molecule has 4 aromatic rings. The van der Waals surface area contributed by atoms with Gasteiger partial charge in [-0.15, -0.1) is 0 Å². The van der Waals surface area contributed by atoms with E-state index in [1.165, 1.54) is 31.3 Å². The molecule has 5 rings (SSSR count). The van der Waals surface area contributed by atoms with Gasteiger partial charge in [0.05, 0.1) is 36.4 Å². The number of ether oxygens (including phenoxy) is 2. The van der Waals surface area contributed by atoms with E-state index in [2.05, 4.69) is 21.8 Å². The Balaban J connectivity index is 1.34. The molecule has 1 atom stereocenters. The molecule has 0 spiro atoms. The first kappa shape index (κ1) is 30.3. The van der Waals surface area contributed by atoms with Gasteiger partial charge in [0.2, 0.25) is 5.91 Å². The lowest BCUT2D eigenvalue weighted by molar-refractivity contribution is -0.137. The van der Waals surface area contributed by atoms with Crippen molar-refractivity contribution in [3.8, 4) is 22.8 Å². The number of alkyl halides is 3. The van der Waals surface area contributed by atoms with Crippen molar-refractivity contribution in [2.75, 3.05) is 33.4 Å². The molecule has 1 fully saturated rings. The Morgan fingerprint density at radius 2 is 1.65 bits per heavy atom. The highest BCUT2D eigenvalue weighted by Gasteiger charge is 2.31. The maximum Gasteiger partial charge on any atom is 0.416 e. The maximum atomic E-state index is 13.0. The number of nitrogens with two attached hydrogens (primary N) is 1. The van der Waals surface area contributed by atoms with Gasteiger partial charge < -0.3 is 20.1 Å². The minimum Gasteiger partial charge on any atom is -0.493 e. The summed E-state index contributed by atoms with van der Waals surface area (Å²) < 4.78 is 50.8. The number of hydrogen-bond donors (Lipinski definition) is 1. The summed E-state index contributed by atoms with van der Waals surface area (Å²) in [4.78, 5) is 23.8. The fourth-order valence-electron chi connectivity index (χ4n) is 5.54. The molecule has 0 saturated carbocycles. The summed E-state index contributed by atoms with van der Waals surface area (Å²) in [6.07, 6.45) is 0.414. The number of fused-ring (bicyclic) bond motifs is 1. The van der Waals surface area contributed by atoms with Crippen LogP contribution in [0.25, 0.3) is 22.2 Å². The molecule has 7 nitrogen and oxygen atoms in total. The second-order valence-electron chi connectivity index (χ2n) is 11.0. The zero-order chi connectivity index (χ0) is 30.6. The number of rotatable bonds is 10. The summed E-state index contributed by atoms with van der Waals surface area (Å²) in [5.74, 6) is 0.421.